The van der Waals surface area contributed by atoms with E-state index in [9.17, 15) is 0 Å². The lowest BCUT2D eigenvalue weighted by atomic mass is 10.0. The third-order valence-electron chi connectivity index (χ3n) is 4.41. The van der Waals surface area contributed by atoms with Gasteiger partial charge in [0.15, 0.2) is 0 Å². The van der Waals surface area contributed by atoms with E-state index < -0.39 is 0 Å². The molecule has 1 saturated carbocycles. The van der Waals surface area contributed by atoms with Gasteiger partial charge < -0.3 is 10.2 Å². The standard InChI is InChI=1S/C13H26N2/c1-3-12-5-9-15(10-8-14-12)11-13(4-2)6-7-13/h12,14H,3-11H2,1-2H3. The fourth-order valence-electron chi connectivity index (χ4n) is 2.76. The number of hydrogen-bond acceptors (Lipinski definition) is 2. The van der Waals surface area contributed by atoms with Gasteiger partial charge in [0.25, 0.3) is 0 Å². The van der Waals surface area contributed by atoms with Crippen molar-refractivity contribution in [1.29, 1.82) is 0 Å². The lowest BCUT2D eigenvalue weighted by Gasteiger charge is -2.25. The second-order valence-electron chi connectivity index (χ2n) is 5.48. The van der Waals surface area contributed by atoms with Gasteiger partial charge in [0.05, 0.1) is 0 Å². The topological polar surface area (TPSA) is 15.3 Å². The molecule has 0 aromatic carbocycles. The van der Waals surface area contributed by atoms with E-state index in [1.54, 1.807) is 0 Å². The molecule has 0 aromatic rings. The highest BCUT2D eigenvalue weighted by Gasteiger charge is 2.41. The van der Waals surface area contributed by atoms with Gasteiger partial charge in [-0.05, 0) is 44.1 Å². The van der Waals surface area contributed by atoms with Gasteiger partial charge in [-0.2, -0.15) is 0 Å². The molecule has 1 unspecified atom stereocenters. The first-order valence-corrected chi connectivity index (χ1v) is 6.74. The SMILES string of the molecule is CCC1CCN(CC2(CC)CC2)CCN1. The molecule has 1 atom stereocenters. The summed E-state index contributed by atoms with van der Waals surface area (Å²) in [6.07, 6.45) is 6.96. The maximum Gasteiger partial charge on any atom is 0.0107 e. The largest absolute Gasteiger partial charge is 0.313 e. The fraction of sp³-hybridized carbons (Fsp3) is 1.00. The first-order valence-electron chi connectivity index (χ1n) is 6.74. The monoisotopic (exact) mass is 210 g/mol. The second kappa shape index (κ2) is 4.84. The van der Waals surface area contributed by atoms with Crippen LogP contribution in [0.15, 0.2) is 0 Å². The number of nitrogens with one attached hydrogen (secondary N) is 1. The van der Waals surface area contributed by atoms with Crippen molar-refractivity contribution < 1.29 is 0 Å². The molecule has 0 radical (unpaired) electrons. The molecule has 1 heterocycles. The summed E-state index contributed by atoms with van der Waals surface area (Å²) in [5.41, 5.74) is 0.728. The molecule has 0 spiro atoms. The molecular formula is C13H26N2. The smallest absolute Gasteiger partial charge is 0.0107 e. The molecule has 2 nitrogen and oxygen atoms in total. The van der Waals surface area contributed by atoms with Gasteiger partial charge in [-0.15, -0.1) is 0 Å². The van der Waals surface area contributed by atoms with Crippen molar-refractivity contribution in [2.24, 2.45) is 5.41 Å². The van der Waals surface area contributed by atoms with E-state index in [4.69, 9.17) is 0 Å². The molecule has 1 aliphatic carbocycles. The van der Waals surface area contributed by atoms with Crippen molar-refractivity contribution in [3.63, 3.8) is 0 Å². The van der Waals surface area contributed by atoms with Crippen molar-refractivity contribution in [3.8, 4) is 0 Å². The summed E-state index contributed by atoms with van der Waals surface area (Å²) in [4.78, 5) is 2.69. The summed E-state index contributed by atoms with van der Waals surface area (Å²) in [6, 6.07) is 0.770. The average Bonchev–Trinajstić information content (AvgIpc) is 3.04. The van der Waals surface area contributed by atoms with Crippen LogP contribution in [-0.2, 0) is 0 Å². The Balaban J connectivity index is 1.78. The van der Waals surface area contributed by atoms with E-state index in [0.717, 1.165) is 11.5 Å². The quantitative estimate of drug-likeness (QED) is 0.765. The Morgan fingerprint density at radius 3 is 2.67 bits per heavy atom. The molecular weight excluding hydrogens is 184 g/mol. The summed E-state index contributed by atoms with van der Waals surface area (Å²) >= 11 is 0. The molecule has 2 aliphatic rings. The number of rotatable bonds is 4. The third-order valence-corrected chi connectivity index (χ3v) is 4.41. The Bertz CT molecular complexity index is 199. The summed E-state index contributed by atoms with van der Waals surface area (Å²) < 4.78 is 0. The summed E-state index contributed by atoms with van der Waals surface area (Å²) in [5, 5.41) is 3.64. The number of nitrogens with zero attached hydrogens (tertiary/aromatic N) is 1. The van der Waals surface area contributed by atoms with E-state index in [-0.39, 0.29) is 0 Å². The molecule has 0 aromatic heterocycles. The highest BCUT2D eigenvalue weighted by atomic mass is 15.2. The maximum absolute atomic E-state index is 3.64. The molecule has 0 amide bonds. The van der Waals surface area contributed by atoms with Crippen LogP contribution in [0.1, 0.15) is 46.0 Å². The van der Waals surface area contributed by atoms with Gasteiger partial charge in [0, 0.05) is 25.7 Å². The zero-order valence-corrected chi connectivity index (χ0v) is 10.4. The Morgan fingerprint density at radius 1 is 1.27 bits per heavy atom. The van der Waals surface area contributed by atoms with E-state index >= 15 is 0 Å². The summed E-state index contributed by atoms with van der Waals surface area (Å²) in [6.45, 7) is 9.78. The lowest BCUT2D eigenvalue weighted by Crippen LogP contribution is -2.33. The van der Waals surface area contributed by atoms with Crippen molar-refractivity contribution in [2.45, 2.75) is 52.0 Å². The van der Waals surface area contributed by atoms with Crippen LogP contribution in [-0.4, -0.2) is 37.1 Å². The normalized spacial score (nSPS) is 31.2. The minimum atomic E-state index is 0.728. The second-order valence-corrected chi connectivity index (χ2v) is 5.48. The predicted octanol–water partition coefficient (Wildman–Crippen LogP) is 2.25. The predicted molar refractivity (Wildman–Crippen MR) is 65.1 cm³/mol. The molecule has 1 N–H and O–H groups in total. The molecule has 2 heteroatoms. The van der Waals surface area contributed by atoms with Crippen LogP contribution in [0.5, 0.6) is 0 Å². The average molecular weight is 210 g/mol. The Hall–Kier alpha value is -0.0800. The Labute approximate surface area is 94.4 Å². The zero-order chi connectivity index (χ0) is 10.7. The van der Waals surface area contributed by atoms with Gasteiger partial charge in [-0.25, -0.2) is 0 Å². The molecule has 88 valence electrons. The van der Waals surface area contributed by atoms with Crippen molar-refractivity contribution in [1.82, 2.24) is 10.2 Å². The van der Waals surface area contributed by atoms with Crippen LogP contribution in [0.4, 0.5) is 0 Å². The lowest BCUT2D eigenvalue weighted by molar-refractivity contribution is 0.226. The van der Waals surface area contributed by atoms with E-state index in [0.29, 0.717) is 0 Å². The van der Waals surface area contributed by atoms with Crippen LogP contribution in [0.25, 0.3) is 0 Å². The molecule has 0 bridgehead atoms. The van der Waals surface area contributed by atoms with Gasteiger partial charge in [-0.3, -0.25) is 0 Å². The van der Waals surface area contributed by atoms with Crippen LogP contribution in [0.3, 0.4) is 0 Å². The minimum absolute atomic E-state index is 0.728. The first kappa shape index (κ1) is 11.4. The maximum atomic E-state index is 3.64. The molecule has 1 aliphatic heterocycles. The van der Waals surface area contributed by atoms with Gasteiger partial charge >= 0.3 is 0 Å². The van der Waals surface area contributed by atoms with Crippen LogP contribution >= 0.6 is 0 Å². The van der Waals surface area contributed by atoms with Crippen LogP contribution in [0.2, 0.25) is 0 Å². The van der Waals surface area contributed by atoms with Gasteiger partial charge in [0.1, 0.15) is 0 Å². The first-order chi connectivity index (χ1) is 7.28. The molecule has 1 saturated heterocycles. The molecule has 15 heavy (non-hydrogen) atoms. The highest BCUT2D eigenvalue weighted by Crippen LogP contribution is 2.49. The van der Waals surface area contributed by atoms with E-state index in [1.165, 1.54) is 58.3 Å². The van der Waals surface area contributed by atoms with Crippen LogP contribution < -0.4 is 5.32 Å². The Morgan fingerprint density at radius 2 is 2.07 bits per heavy atom. The van der Waals surface area contributed by atoms with Crippen molar-refractivity contribution >= 4 is 0 Å². The third kappa shape index (κ3) is 2.94. The molecule has 2 fully saturated rings. The molecule has 2 rings (SSSR count). The highest BCUT2D eigenvalue weighted by molar-refractivity contribution is 4.94. The van der Waals surface area contributed by atoms with E-state index in [1.807, 2.05) is 0 Å². The van der Waals surface area contributed by atoms with Crippen molar-refractivity contribution in [3.05, 3.63) is 0 Å². The zero-order valence-electron chi connectivity index (χ0n) is 10.4. The van der Waals surface area contributed by atoms with Gasteiger partial charge in [0.2, 0.25) is 0 Å². The number of hydrogen-bond donors (Lipinski definition) is 1. The minimum Gasteiger partial charge on any atom is -0.313 e. The fourth-order valence-corrected chi connectivity index (χ4v) is 2.76. The van der Waals surface area contributed by atoms with E-state index in [2.05, 4.69) is 24.1 Å². The Kier molecular flexibility index (Phi) is 3.68. The van der Waals surface area contributed by atoms with Crippen LogP contribution in [0, 0.1) is 5.41 Å². The van der Waals surface area contributed by atoms with Gasteiger partial charge in [-0.1, -0.05) is 13.8 Å². The van der Waals surface area contributed by atoms with Crippen molar-refractivity contribution in [2.75, 3.05) is 26.2 Å². The summed E-state index contributed by atoms with van der Waals surface area (Å²) in [5.74, 6) is 0. The summed E-state index contributed by atoms with van der Waals surface area (Å²) in [7, 11) is 0.